The first-order valence-electron chi connectivity index (χ1n) is 7.40. The molecule has 0 amide bonds. The number of hydrogen-bond donors (Lipinski definition) is 1. The van der Waals surface area contributed by atoms with Crippen LogP contribution in [-0.4, -0.2) is 18.6 Å². The van der Waals surface area contributed by atoms with E-state index in [1.54, 1.807) is 18.2 Å². The van der Waals surface area contributed by atoms with Gasteiger partial charge in [-0.2, -0.15) is 18.2 Å². The van der Waals surface area contributed by atoms with Crippen LogP contribution in [-0.2, 0) is 22.6 Å². The van der Waals surface area contributed by atoms with Crippen molar-refractivity contribution in [3.8, 4) is 0 Å². The van der Waals surface area contributed by atoms with E-state index in [1.165, 1.54) is 30.3 Å². The zero-order valence-corrected chi connectivity index (χ0v) is 14.9. The lowest BCUT2D eigenvalue weighted by Gasteiger charge is -2.09. The first-order chi connectivity index (χ1) is 12.6. The molecule has 0 spiro atoms. The highest BCUT2D eigenvalue weighted by atomic mass is 35.5. The molecule has 0 radical (unpaired) electrons. The number of sulfonamides is 1. The minimum Gasteiger partial charge on any atom is -0.329 e. The van der Waals surface area contributed by atoms with Crippen molar-refractivity contribution in [2.45, 2.75) is 17.5 Å². The van der Waals surface area contributed by atoms with E-state index >= 15 is 0 Å². The van der Waals surface area contributed by atoms with E-state index in [-0.39, 0.29) is 27.9 Å². The van der Waals surface area contributed by atoms with Gasteiger partial charge in [0.2, 0.25) is 0 Å². The van der Waals surface area contributed by atoms with Crippen molar-refractivity contribution in [1.82, 2.24) is 10.1 Å². The van der Waals surface area contributed by atoms with Gasteiger partial charge >= 0.3 is 12.1 Å². The van der Waals surface area contributed by atoms with E-state index in [4.69, 9.17) is 11.6 Å². The number of anilines is 1. The molecule has 0 bridgehead atoms. The Labute approximate surface area is 157 Å². The van der Waals surface area contributed by atoms with E-state index in [9.17, 15) is 21.6 Å². The second kappa shape index (κ2) is 7.20. The largest absolute Gasteiger partial charge is 0.471 e. The zero-order chi connectivity index (χ0) is 19.7. The van der Waals surface area contributed by atoms with Crippen LogP contribution in [0.5, 0.6) is 0 Å². The molecule has 1 aromatic heterocycles. The Bertz CT molecular complexity index is 1050. The molecule has 0 aliphatic carbocycles. The van der Waals surface area contributed by atoms with Crippen LogP contribution in [0.3, 0.4) is 0 Å². The normalized spacial score (nSPS) is 12.1. The number of nitrogens with one attached hydrogen (secondary N) is 1. The molecular weight excluding hydrogens is 407 g/mol. The maximum absolute atomic E-state index is 12.4. The Morgan fingerprint density at radius 1 is 1.11 bits per heavy atom. The van der Waals surface area contributed by atoms with Crippen molar-refractivity contribution in [3.63, 3.8) is 0 Å². The van der Waals surface area contributed by atoms with Crippen molar-refractivity contribution < 1.29 is 26.1 Å². The summed E-state index contributed by atoms with van der Waals surface area (Å²) in [5, 5.41) is 3.56. The Hall–Kier alpha value is -2.59. The van der Waals surface area contributed by atoms with Crippen LogP contribution >= 0.6 is 11.6 Å². The van der Waals surface area contributed by atoms with Crippen LogP contribution in [0.15, 0.2) is 57.9 Å². The van der Waals surface area contributed by atoms with Gasteiger partial charge in [-0.15, -0.1) is 0 Å². The van der Waals surface area contributed by atoms with E-state index in [0.717, 1.165) is 0 Å². The minimum atomic E-state index is -4.70. The Morgan fingerprint density at radius 2 is 1.81 bits per heavy atom. The molecule has 3 aromatic rings. The van der Waals surface area contributed by atoms with Crippen molar-refractivity contribution in [3.05, 3.63) is 70.8 Å². The summed E-state index contributed by atoms with van der Waals surface area (Å²) >= 11 is 5.80. The van der Waals surface area contributed by atoms with Gasteiger partial charge in [-0.1, -0.05) is 35.0 Å². The van der Waals surface area contributed by atoms with Gasteiger partial charge in [0.15, 0.2) is 5.82 Å². The number of hydrogen-bond acceptors (Lipinski definition) is 5. The van der Waals surface area contributed by atoms with Crippen LogP contribution < -0.4 is 4.72 Å². The molecule has 0 aliphatic heterocycles. The molecule has 142 valence electrons. The van der Waals surface area contributed by atoms with E-state index < -0.39 is 22.1 Å². The molecule has 0 aliphatic rings. The van der Waals surface area contributed by atoms with Gasteiger partial charge in [0.05, 0.1) is 4.90 Å². The van der Waals surface area contributed by atoms with Gasteiger partial charge in [-0.05, 0) is 35.9 Å². The predicted molar refractivity (Wildman–Crippen MR) is 90.8 cm³/mol. The maximum Gasteiger partial charge on any atom is 0.471 e. The van der Waals surface area contributed by atoms with Crippen LogP contribution in [0.4, 0.5) is 18.9 Å². The number of nitrogens with zero attached hydrogens (tertiary/aromatic N) is 2. The van der Waals surface area contributed by atoms with E-state index in [1.807, 2.05) is 0 Å². The summed E-state index contributed by atoms with van der Waals surface area (Å²) in [7, 11) is -3.82. The number of benzene rings is 2. The lowest BCUT2D eigenvalue weighted by Crippen LogP contribution is -2.12. The van der Waals surface area contributed by atoms with Crippen LogP contribution in [0, 0.1) is 0 Å². The highest BCUT2D eigenvalue weighted by Gasteiger charge is 2.38. The van der Waals surface area contributed by atoms with Gasteiger partial charge in [0.1, 0.15) is 0 Å². The lowest BCUT2D eigenvalue weighted by molar-refractivity contribution is -0.159. The molecule has 2 aromatic carbocycles. The van der Waals surface area contributed by atoms with Gasteiger partial charge < -0.3 is 4.52 Å². The summed E-state index contributed by atoms with van der Waals surface area (Å²) < 4.78 is 68.5. The molecule has 1 heterocycles. The van der Waals surface area contributed by atoms with E-state index in [0.29, 0.717) is 5.56 Å². The first kappa shape index (κ1) is 19.2. The molecular formula is C16H11ClF3N3O3S. The van der Waals surface area contributed by atoms with Crippen molar-refractivity contribution >= 4 is 27.3 Å². The van der Waals surface area contributed by atoms with Crippen molar-refractivity contribution in [2.75, 3.05) is 4.72 Å². The van der Waals surface area contributed by atoms with Crippen LogP contribution in [0.2, 0.25) is 5.02 Å². The summed E-state index contributed by atoms with van der Waals surface area (Å²) in [6.45, 7) is 0. The summed E-state index contributed by atoms with van der Waals surface area (Å²) in [6.07, 6.45) is -4.70. The molecule has 3 rings (SSSR count). The SMILES string of the molecule is O=S(=O)(Nc1ccc(Cc2noc(C(F)(F)F)n2)cc1)c1cccc(Cl)c1. The highest BCUT2D eigenvalue weighted by Crippen LogP contribution is 2.27. The fraction of sp³-hybridized carbons (Fsp3) is 0.125. The van der Waals surface area contributed by atoms with Crippen molar-refractivity contribution in [2.24, 2.45) is 0 Å². The number of halogens is 4. The Balaban J connectivity index is 1.71. The highest BCUT2D eigenvalue weighted by molar-refractivity contribution is 7.92. The molecule has 0 fully saturated rings. The molecule has 0 atom stereocenters. The summed E-state index contributed by atoms with van der Waals surface area (Å²) in [5.41, 5.74) is 0.859. The van der Waals surface area contributed by atoms with Crippen LogP contribution in [0.25, 0.3) is 0 Å². The number of rotatable bonds is 5. The fourth-order valence-electron chi connectivity index (χ4n) is 2.16. The zero-order valence-electron chi connectivity index (χ0n) is 13.4. The third kappa shape index (κ3) is 4.77. The molecule has 0 unspecified atom stereocenters. The van der Waals surface area contributed by atoms with Gasteiger partial charge in [0, 0.05) is 17.1 Å². The number of aromatic nitrogens is 2. The van der Waals surface area contributed by atoms with Gasteiger partial charge in [-0.25, -0.2) is 8.42 Å². The third-order valence-corrected chi connectivity index (χ3v) is 5.00. The third-order valence-electron chi connectivity index (χ3n) is 3.39. The summed E-state index contributed by atoms with van der Waals surface area (Å²) in [4.78, 5) is 3.28. The standard InChI is InChI=1S/C16H11ClF3N3O3S/c17-11-2-1-3-13(9-11)27(24,25)23-12-6-4-10(5-7-12)8-14-21-15(26-22-14)16(18,19)20/h1-7,9,23H,8H2. The molecule has 0 saturated heterocycles. The molecule has 27 heavy (non-hydrogen) atoms. The maximum atomic E-state index is 12.4. The molecule has 6 nitrogen and oxygen atoms in total. The van der Waals surface area contributed by atoms with Crippen molar-refractivity contribution in [1.29, 1.82) is 0 Å². The van der Waals surface area contributed by atoms with Crippen LogP contribution in [0.1, 0.15) is 17.3 Å². The monoisotopic (exact) mass is 417 g/mol. The minimum absolute atomic E-state index is 0.000896. The average molecular weight is 418 g/mol. The lowest BCUT2D eigenvalue weighted by atomic mass is 10.1. The molecule has 1 N–H and O–H groups in total. The smallest absolute Gasteiger partial charge is 0.329 e. The topological polar surface area (TPSA) is 85.1 Å². The Morgan fingerprint density at radius 3 is 2.41 bits per heavy atom. The predicted octanol–water partition coefficient (Wildman–Crippen LogP) is 4.13. The summed E-state index contributed by atoms with van der Waals surface area (Å²) in [5.74, 6) is -1.54. The first-order valence-corrected chi connectivity index (χ1v) is 9.27. The second-order valence-corrected chi connectivity index (χ2v) is 7.57. The second-order valence-electron chi connectivity index (χ2n) is 5.45. The van der Waals surface area contributed by atoms with Gasteiger partial charge in [-0.3, -0.25) is 4.72 Å². The molecule has 11 heteroatoms. The van der Waals surface area contributed by atoms with Gasteiger partial charge in [0.25, 0.3) is 10.0 Å². The average Bonchev–Trinajstić information content (AvgIpc) is 3.05. The quantitative estimate of drug-likeness (QED) is 0.674. The van der Waals surface area contributed by atoms with E-state index in [2.05, 4.69) is 19.4 Å². The summed E-state index contributed by atoms with van der Waals surface area (Å²) in [6, 6.07) is 11.8. The number of alkyl halides is 3. The fourth-order valence-corrected chi connectivity index (χ4v) is 3.52. The Kier molecular flexibility index (Phi) is 5.11. The molecule has 0 saturated carbocycles.